The third-order valence-electron chi connectivity index (χ3n) is 8.18. The summed E-state index contributed by atoms with van der Waals surface area (Å²) < 4.78 is 0. The van der Waals surface area contributed by atoms with Crippen molar-refractivity contribution in [3.63, 3.8) is 0 Å². The van der Waals surface area contributed by atoms with Gasteiger partial charge >= 0.3 is 0 Å². The number of likely N-dealkylation sites (N-methyl/N-ethyl adjacent to an activating group) is 1. The van der Waals surface area contributed by atoms with E-state index in [2.05, 4.69) is 5.32 Å². The molecule has 2 aromatic carbocycles. The number of ketones is 2. The molecule has 5 rings (SSSR count). The molecule has 0 saturated heterocycles. The molecule has 0 heterocycles. The van der Waals surface area contributed by atoms with E-state index in [0.29, 0.717) is 5.56 Å². The largest absolute Gasteiger partial charge is 0.508 e. The number of benzene rings is 2. The molecule has 1 saturated carbocycles. The number of hydrogen-bond donors (Lipinski definition) is 6. The molecule has 0 radical (unpaired) electrons. The minimum atomic E-state index is -2.65. The molecule has 10 nitrogen and oxygen atoms in total. The highest BCUT2D eigenvalue weighted by atomic mass is 16.3. The molecule has 0 aliphatic heterocycles. The number of hydrogen-bond acceptors (Lipinski definition) is 9. The summed E-state index contributed by atoms with van der Waals surface area (Å²) >= 11 is 0. The molecule has 4 atom stereocenters. The van der Waals surface area contributed by atoms with Crippen molar-refractivity contribution >= 4 is 28.9 Å². The third kappa shape index (κ3) is 3.74. The van der Waals surface area contributed by atoms with E-state index in [1.54, 1.807) is 20.2 Å². The number of rotatable bonds is 5. The molecule has 0 bridgehead atoms. The molecule has 3 aliphatic carbocycles. The molecule has 1 fully saturated rings. The van der Waals surface area contributed by atoms with Crippen LogP contribution in [0.4, 0.5) is 5.69 Å². The Morgan fingerprint density at radius 3 is 2.36 bits per heavy atom. The van der Waals surface area contributed by atoms with E-state index < -0.39 is 58.0 Å². The SMILES string of the molecule is CCNc1ccc(-c2ccc(O)c3c2C[C@H]2C[C@H]4[C@H](N(C)C)C(=O)C(C(N)=O)=C(O)[C@@]4(O)C(=O)C2=C3O)cc1. The van der Waals surface area contributed by atoms with Gasteiger partial charge in [0.25, 0.3) is 5.91 Å². The average molecular weight is 534 g/mol. The summed E-state index contributed by atoms with van der Waals surface area (Å²) in [5.74, 6) is -6.66. The minimum Gasteiger partial charge on any atom is -0.508 e. The normalized spacial score (nSPS) is 26.3. The second-order valence-electron chi connectivity index (χ2n) is 10.6. The van der Waals surface area contributed by atoms with Crippen molar-refractivity contribution < 1.29 is 34.8 Å². The number of aliphatic hydroxyl groups excluding tert-OH is 2. The number of aromatic hydroxyl groups is 1. The molecule has 0 spiro atoms. The summed E-state index contributed by atoms with van der Waals surface area (Å²) in [6.07, 6.45) is 0.271. The van der Waals surface area contributed by atoms with E-state index in [4.69, 9.17) is 5.73 Å². The molecule has 10 heteroatoms. The lowest BCUT2D eigenvalue weighted by Gasteiger charge is -2.50. The fourth-order valence-corrected chi connectivity index (χ4v) is 6.49. The first-order chi connectivity index (χ1) is 18.4. The predicted octanol–water partition coefficient (Wildman–Crippen LogP) is 2.06. The zero-order valence-corrected chi connectivity index (χ0v) is 21.9. The third-order valence-corrected chi connectivity index (χ3v) is 8.18. The van der Waals surface area contributed by atoms with Gasteiger partial charge in [-0.2, -0.15) is 0 Å². The summed E-state index contributed by atoms with van der Waals surface area (Å²) in [5.41, 5.74) is 4.94. The van der Waals surface area contributed by atoms with Gasteiger partial charge in [0.05, 0.1) is 11.6 Å². The van der Waals surface area contributed by atoms with Crippen molar-refractivity contribution in [2.75, 3.05) is 26.0 Å². The van der Waals surface area contributed by atoms with E-state index in [0.717, 1.165) is 23.4 Å². The van der Waals surface area contributed by atoms with Crippen LogP contribution in [0.1, 0.15) is 24.5 Å². The fraction of sp³-hybridized carbons (Fsp3) is 0.345. The minimum absolute atomic E-state index is 0.0419. The van der Waals surface area contributed by atoms with Crippen molar-refractivity contribution in [3.05, 3.63) is 64.4 Å². The van der Waals surface area contributed by atoms with E-state index >= 15 is 0 Å². The van der Waals surface area contributed by atoms with Crippen LogP contribution in [0.25, 0.3) is 16.9 Å². The highest BCUT2D eigenvalue weighted by Crippen LogP contribution is 2.53. The second kappa shape index (κ2) is 9.25. The number of carbonyl (C=O) groups excluding carboxylic acids is 3. The Bertz CT molecular complexity index is 1470. The zero-order chi connectivity index (χ0) is 28.4. The summed E-state index contributed by atoms with van der Waals surface area (Å²) in [4.78, 5) is 40.7. The van der Waals surface area contributed by atoms with Gasteiger partial charge in [0.15, 0.2) is 11.4 Å². The molecule has 0 aromatic heterocycles. The Labute approximate surface area is 225 Å². The molecule has 2 aromatic rings. The lowest BCUT2D eigenvalue weighted by atomic mass is 9.57. The van der Waals surface area contributed by atoms with Crippen molar-refractivity contribution in [2.45, 2.75) is 31.4 Å². The Kier molecular flexibility index (Phi) is 6.27. The number of phenolic OH excluding ortho intramolecular Hbond substituents is 1. The Morgan fingerprint density at radius 1 is 1.10 bits per heavy atom. The van der Waals surface area contributed by atoms with Crippen molar-refractivity contribution in [3.8, 4) is 16.9 Å². The maximum absolute atomic E-state index is 13.9. The summed E-state index contributed by atoms with van der Waals surface area (Å²) in [6, 6.07) is 9.74. The van der Waals surface area contributed by atoms with Gasteiger partial charge < -0.3 is 31.5 Å². The summed E-state index contributed by atoms with van der Waals surface area (Å²) in [5, 5.41) is 48.0. The van der Waals surface area contributed by atoms with Gasteiger partial charge in [-0.15, -0.1) is 0 Å². The van der Waals surface area contributed by atoms with Crippen LogP contribution in [-0.4, -0.2) is 75.1 Å². The van der Waals surface area contributed by atoms with E-state index in [1.807, 2.05) is 31.2 Å². The number of aliphatic hydroxyl groups is 3. The highest BCUT2D eigenvalue weighted by molar-refractivity contribution is 6.24. The number of anilines is 1. The number of phenols is 1. The number of primary amides is 1. The van der Waals surface area contributed by atoms with Crippen LogP contribution < -0.4 is 11.1 Å². The molecule has 0 unspecified atom stereocenters. The lowest BCUT2D eigenvalue weighted by Crippen LogP contribution is -2.65. The zero-order valence-electron chi connectivity index (χ0n) is 21.9. The average Bonchev–Trinajstić information content (AvgIpc) is 2.87. The maximum Gasteiger partial charge on any atom is 0.255 e. The highest BCUT2D eigenvalue weighted by Gasteiger charge is 2.64. The van der Waals surface area contributed by atoms with Crippen LogP contribution in [-0.2, 0) is 20.8 Å². The number of nitrogens with two attached hydrogens (primary N) is 1. The van der Waals surface area contributed by atoms with Crippen LogP contribution in [0.3, 0.4) is 0 Å². The van der Waals surface area contributed by atoms with Gasteiger partial charge in [-0.25, -0.2) is 0 Å². The number of amides is 1. The van der Waals surface area contributed by atoms with Crippen LogP contribution >= 0.6 is 0 Å². The van der Waals surface area contributed by atoms with Gasteiger partial charge in [0.1, 0.15) is 22.8 Å². The molecular weight excluding hydrogens is 502 g/mol. The van der Waals surface area contributed by atoms with E-state index in [1.165, 1.54) is 11.0 Å². The van der Waals surface area contributed by atoms with E-state index in [-0.39, 0.29) is 29.7 Å². The molecule has 204 valence electrons. The van der Waals surface area contributed by atoms with Crippen LogP contribution in [0, 0.1) is 11.8 Å². The Balaban J connectivity index is 1.69. The van der Waals surface area contributed by atoms with Gasteiger partial charge in [-0.1, -0.05) is 18.2 Å². The summed E-state index contributed by atoms with van der Waals surface area (Å²) in [7, 11) is 3.14. The van der Waals surface area contributed by atoms with Gasteiger partial charge in [-0.3, -0.25) is 19.3 Å². The number of nitrogens with one attached hydrogen (secondary N) is 1. The topological polar surface area (TPSA) is 173 Å². The first kappa shape index (κ1) is 26.5. The van der Waals surface area contributed by atoms with Gasteiger partial charge in [-0.05, 0) is 74.7 Å². The standard InChI is InChI=1S/C29H31N3O7/c1-4-31-15-7-5-13(6-8-15)16-9-10-19(33)21-17(16)11-14-12-18-23(32(2)3)25(35)22(28(30)38)27(37)29(18,39)26(36)20(14)24(21)34/h5-10,14,18,23,31,33-34,37,39H,4,11-12H2,1-3H3,(H2,30,38)/t14-,18-,23-,29-/m0/s1. The maximum atomic E-state index is 13.9. The Morgan fingerprint density at radius 2 is 1.77 bits per heavy atom. The monoisotopic (exact) mass is 533 g/mol. The first-order valence-corrected chi connectivity index (χ1v) is 12.8. The van der Waals surface area contributed by atoms with Crippen molar-refractivity contribution in [1.82, 2.24) is 4.90 Å². The van der Waals surface area contributed by atoms with E-state index in [9.17, 15) is 34.8 Å². The number of Topliss-reactive ketones (excluding diaryl/α,β-unsaturated/α-hetero) is 2. The molecular formula is C29H31N3O7. The van der Waals surface area contributed by atoms with Crippen molar-refractivity contribution in [2.24, 2.45) is 17.6 Å². The quantitative estimate of drug-likeness (QED) is 0.315. The van der Waals surface area contributed by atoms with Gasteiger partial charge in [0.2, 0.25) is 5.78 Å². The molecule has 7 N–H and O–H groups in total. The van der Waals surface area contributed by atoms with Crippen LogP contribution in [0.5, 0.6) is 5.75 Å². The predicted molar refractivity (Wildman–Crippen MR) is 144 cm³/mol. The molecule has 3 aliphatic rings. The number of carbonyl (C=O) groups is 3. The van der Waals surface area contributed by atoms with Gasteiger partial charge in [0, 0.05) is 23.7 Å². The molecule has 39 heavy (non-hydrogen) atoms. The molecule has 1 amide bonds. The fourth-order valence-electron chi connectivity index (χ4n) is 6.49. The number of nitrogens with zero attached hydrogens (tertiary/aromatic N) is 1. The first-order valence-electron chi connectivity index (χ1n) is 12.8. The number of fused-ring (bicyclic) bond motifs is 3. The lowest BCUT2D eigenvalue weighted by molar-refractivity contribution is -0.153. The van der Waals surface area contributed by atoms with Crippen LogP contribution in [0.2, 0.25) is 0 Å². The second-order valence-corrected chi connectivity index (χ2v) is 10.6. The summed E-state index contributed by atoms with van der Waals surface area (Å²) in [6.45, 7) is 2.76. The van der Waals surface area contributed by atoms with Crippen molar-refractivity contribution in [1.29, 1.82) is 0 Å². The smallest absolute Gasteiger partial charge is 0.255 e. The Hall–Kier alpha value is -4.15. The van der Waals surface area contributed by atoms with Crippen LogP contribution in [0.15, 0.2) is 53.3 Å².